The zero-order valence-electron chi connectivity index (χ0n) is 20.8. The van der Waals surface area contributed by atoms with Gasteiger partial charge < -0.3 is 9.47 Å². The molecule has 5 rings (SSSR count). The lowest BCUT2D eigenvalue weighted by molar-refractivity contribution is 0.284. The molecule has 0 bridgehead atoms. The van der Waals surface area contributed by atoms with E-state index in [0.717, 1.165) is 41.3 Å². The minimum Gasteiger partial charge on any atom is -0.493 e. The van der Waals surface area contributed by atoms with E-state index in [-0.39, 0.29) is 18.1 Å². The van der Waals surface area contributed by atoms with Crippen molar-refractivity contribution in [2.45, 2.75) is 44.6 Å². The number of ether oxygens (including phenoxy) is 2. The predicted octanol–water partition coefficient (Wildman–Crippen LogP) is 7.98. The first-order valence-corrected chi connectivity index (χ1v) is 14.0. The summed E-state index contributed by atoms with van der Waals surface area (Å²) < 4.78 is 13.8. The summed E-state index contributed by atoms with van der Waals surface area (Å²) in [5.74, 6) is 1.98. The van der Waals surface area contributed by atoms with Gasteiger partial charge in [-0.1, -0.05) is 60.7 Å². The molecule has 0 atom stereocenters. The molecule has 0 unspecified atom stereocenters. The number of fused-ring (bicyclic) bond motifs is 1. The number of rotatable bonds is 7. The molecule has 1 aromatic heterocycles. The number of methoxy groups -OCH3 is 1. The maximum atomic E-state index is 13.5. The first-order chi connectivity index (χ1) is 18.4. The number of hydrogen-bond acceptors (Lipinski definition) is 5. The Kier molecular flexibility index (Phi) is 8.36. The molecule has 196 valence electrons. The molecule has 1 heterocycles. The number of hydrogen-bond donors (Lipinski definition) is 0. The smallest absolute Gasteiger partial charge is 0.282 e. The molecule has 0 saturated heterocycles. The highest BCUT2D eigenvalue weighted by Gasteiger charge is 2.22. The van der Waals surface area contributed by atoms with Gasteiger partial charge in [-0.25, -0.2) is 4.98 Å². The fourth-order valence-corrected chi connectivity index (χ4v) is 5.60. The van der Waals surface area contributed by atoms with Crippen molar-refractivity contribution in [1.29, 1.82) is 0 Å². The van der Waals surface area contributed by atoms with Crippen LogP contribution < -0.4 is 15.0 Å². The Hall–Kier alpha value is -2.87. The number of halogens is 3. The maximum absolute atomic E-state index is 13.5. The van der Waals surface area contributed by atoms with Crippen molar-refractivity contribution in [2.24, 2.45) is 5.10 Å². The molecule has 0 amide bonds. The maximum Gasteiger partial charge on any atom is 0.282 e. The molecule has 0 radical (unpaired) electrons. The van der Waals surface area contributed by atoms with Crippen molar-refractivity contribution < 1.29 is 9.47 Å². The fourth-order valence-electron chi connectivity index (χ4n) is 4.71. The van der Waals surface area contributed by atoms with Crippen LogP contribution in [-0.4, -0.2) is 23.0 Å². The van der Waals surface area contributed by atoms with Crippen LogP contribution in [0.25, 0.3) is 10.9 Å². The lowest BCUT2D eigenvalue weighted by Gasteiger charge is -2.22. The molecule has 0 aliphatic heterocycles. The Labute approximate surface area is 239 Å². The van der Waals surface area contributed by atoms with E-state index in [4.69, 9.17) is 37.7 Å². The molecule has 38 heavy (non-hydrogen) atoms. The minimum absolute atomic E-state index is 0.171. The van der Waals surface area contributed by atoms with Crippen LogP contribution >= 0.6 is 39.1 Å². The van der Waals surface area contributed by atoms with Gasteiger partial charge >= 0.3 is 0 Å². The Morgan fingerprint density at radius 2 is 1.87 bits per heavy atom. The summed E-state index contributed by atoms with van der Waals surface area (Å²) in [5, 5.41) is 6.28. The summed E-state index contributed by atoms with van der Waals surface area (Å²) in [5.41, 5.74) is 2.07. The van der Waals surface area contributed by atoms with E-state index < -0.39 is 0 Å². The Balaban J connectivity index is 1.48. The highest BCUT2D eigenvalue weighted by atomic mass is 79.9. The van der Waals surface area contributed by atoms with Gasteiger partial charge in [-0.2, -0.15) is 9.78 Å². The minimum atomic E-state index is -0.171. The van der Waals surface area contributed by atoms with Crippen molar-refractivity contribution in [3.63, 3.8) is 0 Å². The number of aromatic nitrogens is 2. The van der Waals surface area contributed by atoms with E-state index in [1.807, 2.05) is 36.4 Å². The molecule has 0 spiro atoms. The third-order valence-electron chi connectivity index (χ3n) is 6.74. The highest BCUT2D eigenvalue weighted by Crippen LogP contribution is 2.35. The largest absolute Gasteiger partial charge is 0.493 e. The normalized spacial score (nSPS) is 14.3. The van der Waals surface area contributed by atoms with E-state index in [9.17, 15) is 4.79 Å². The summed E-state index contributed by atoms with van der Waals surface area (Å²) in [6.07, 6.45) is 7.12. The quantitative estimate of drug-likeness (QED) is 0.198. The monoisotopic (exact) mass is 613 g/mol. The van der Waals surface area contributed by atoms with Gasteiger partial charge in [0.1, 0.15) is 12.4 Å². The molecule has 1 aliphatic carbocycles. The van der Waals surface area contributed by atoms with E-state index in [1.54, 1.807) is 31.5 Å². The molecular weight excluding hydrogens is 589 g/mol. The summed E-state index contributed by atoms with van der Waals surface area (Å²) in [6, 6.07) is 16.3. The van der Waals surface area contributed by atoms with Crippen molar-refractivity contribution in [3.8, 4) is 11.5 Å². The SMILES string of the molecule is COc1cc(C=Nn2c(C3CCCCC3)nc3ccccc3c2=O)c(Br)cc1OCc1ccc(Cl)cc1Cl. The standard InChI is InChI=1S/C29H26BrCl2N3O3/c1-37-26-13-20(23(30)15-27(26)38-17-19-11-12-21(31)14-24(19)32)16-33-35-28(18-7-3-2-4-8-18)34-25-10-6-5-9-22(25)29(35)36/h5-6,9-16,18H,2-4,7-8,17H2,1H3. The van der Waals surface area contributed by atoms with Crippen LogP contribution in [0.15, 0.2) is 69.0 Å². The third kappa shape index (κ3) is 5.75. The topological polar surface area (TPSA) is 65.7 Å². The van der Waals surface area contributed by atoms with E-state index >= 15 is 0 Å². The van der Waals surface area contributed by atoms with Crippen LogP contribution in [0.2, 0.25) is 10.0 Å². The van der Waals surface area contributed by atoms with E-state index in [2.05, 4.69) is 21.0 Å². The van der Waals surface area contributed by atoms with Gasteiger partial charge in [0.15, 0.2) is 11.5 Å². The first-order valence-electron chi connectivity index (χ1n) is 12.4. The first kappa shape index (κ1) is 26.7. The Bertz CT molecular complexity index is 1570. The number of nitrogens with zero attached hydrogens (tertiary/aromatic N) is 3. The van der Waals surface area contributed by atoms with Gasteiger partial charge in [0, 0.05) is 31.6 Å². The third-order valence-corrected chi connectivity index (χ3v) is 8.02. The highest BCUT2D eigenvalue weighted by molar-refractivity contribution is 9.10. The summed E-state index contributed by atoms with van der Waals surface area (Å²) in [4.78, 5) is 18.4. The van der Waals surface area contributed by atoms with Gasteiger partial charge in [0.25, 0.3) is 5.56 Å². The van der Waals surface area contributed by atoms with Gasteiger partial charge in [-0.3, -0.25) is 4.79 Å². The molecule has 6 nitrogen and oxygen atoms in total. The van der Waals surface area contributed by atoms with Gasteiger partial charge in [0.2, 0.25) is 0 Å². The van der Waals surface area contributed by atoms with Crippen LogP contribution in [0.4, 0.5) is 0 Å². The molecule has 3 aromatic carbocycles. The summed E-state index contributed by atoms with van der Waals surface area (Å²) >= 11 is 15.9. The average molecular weight is 615 g/mol. The Morgan fingerprint density at radius 3 is 2.63 bits per heavy atom. The number of para-hydroxylation sites is 1. The molecule has 9 heteroatoms. The van der Waals surface area contributed by atoms with Crippen LogP contribution in [-0.2, 0) is 6.61 Å². The number of benzene rings is 3. The molecule has 0 N–H and O–H groups in total. The second-order valence-corrected chi connectivity index (χ2v) is 10.9. The summed E-state index contributed by atoms with van der Waals surface area (Å²) in [7, 11) is 1.57. The van der Waals surface area contributed by atoms with Gasteiger partial charge in [0.05, 0.1) is 24.2 Å². The van der Waals surface area contributed by atoms with Crippen LogP contribution in [0.3, 0.4) is 0 Å². The molecular formula is C29H26BrCl2N3O3. The second kappa shape index (κ2) is 11.9. The zero-order chi connectivity index (χ0) is 26.6. The molecule has 1 aliphatic rings. The van der Waals surface area contributed by atoms with Crippen LogP contribution in [0, 0.1) is 0 Å². The lowest BCUT2D eigenvalue weighted by atomic mass is 9.88. The van der Waals surface area contributed by atoms with Crippen LogP contribution in [0.5, 0.6) is 11.5 Å². The van der Waals surface area contributed by atoms with Crippen molar-refractivity contribution in [3.05, 3.63) is 96.4 Å². The molecule has 1 fully saturated rings. The van der Waals surface area contributed by atoms with Crippen molar-refractivity contribution in [2.75, 3.05) is 7.11 Å². The molecule has 1 saturated carbocycles. The lowest BCUT2D eigenvalue weighted by Crippen LogP contribution is -2.25. The van der Waals surface area contributed by atoms with E-state index in [1.165, 1.54) is 11.1 Å². The predicted molar refractivity (Wildman–Crippen MR) is 156 cm³/mol. The van der Waals surface area contributed by atoms with Gasteiger partial charge in [-0.05, 0) is 65.2 Å². The van der Waals surface area contributed by atoms with Crippen molar-refractivity contribution >= 4 is 56.2 Å². The van der Waals surface area contributed by atoms with Crippen LogP contribution in [0.1, 0.15) is 55.0 Å². The Morgan fingerprint density at radius 1 is 1.08 bits per heavy atom. The molecule has 4 aromatic rings. The fraction of sp³-hybridized carbons (Fsp3) is 0.276. The zero-order valence-corrected chi connectivity index (χ0v) is 23.9. The van der Waals surface area contributed by atoms with Crippen molar-refractivity contribution in [1.82, 2.24) is 9.66 Å². The van der Waals surface area contributed by atoms with Gasteiger partial charge in [-0.15, -0.1) is 0 Å². The average Bonchev–Trinajstić information content (AvgIpc) is 2.93. The van der Waals surface area contributed by atoms with E-state index in [0.29, 0.717) is 38.3 Å². The summed E-state index contributed by atoms with van der Waals surface area (Å²) in [6.45, 7) is 0.245. The second-order valence-electron chi connectivity index (χ2n) is 9.23.